The Morgan fingerprint density at radius 3 is 2.31 bits per heavy atom. The lowest BCUT2D eigenvalue weighted by Gasteiger charge is -2.13. The highest BCUT2D eigenvalue weighted by Gasteiger charge is 2.32. The number of nitrogens with zero attached hydrogens (tertiary/aromatic N) is 5. The average molecular weight is 875 g/mol. The van der Waals surface area contributed by atoms with Crippen LogP contribution in [0.15, 0.2) is 90.1 Å². The summed E-state index contributed by atoms with van der Waals surface area (Å²) in [6.07, 6.45) is 2.55. The fourth-order valence-electron chi connectivity index (χ4n) is 7.32. The highest BCUT2D eigenvalue weighted by molar-refractivity contribution is 7.15. The minimum absolute atomic E-state index is 0.0488. The monoisotopic (exact) mass is 874 g/mol. The lowest BCUT2D eigenvalue weighted by molar-refractivity contribution is -0.131. The van der Waals surface area contributed by atoms with Gasteiger partial charge in [0.05, 0.1) is 51.8 Å². The van der Waals surface area contributed by atoms with Crippen LogP contribution in [0.1, 0.15) is 56.8 Å². The van der Waals surface area contributed by atoms with Gasteiger partial charge in [0, 0.05) is 57.7 Å². The SMILES string of the molecule is Cc1sc2c(c1C)C(c1ccc(Cl)cc1)=N[C@@H](CC(=O)Cc1ccc(OCCOCCOCCOCCNc3ccc(-c4ccc5c(c4)OC(=O)C5)cn3)cc1)c1nnc(C)n1-2. The molecular formula is C47H47ClN6O7S. The molecule has 0 unspecified atom stereocenters. The standard InChI is InChI=1S/C47H47ClN6O7S/c1-29-30(2)62-47-44(29)45(33-8-11-37(48)12-9-33)51-40(46-53-52-31(3)54(46)47)27-38(55)24-32-4-13-39(14-5-32)60-23-22-59-21-20-58-19-18-57-17-16-49-42-15-10-36(28-50-42)34-6-7-35-26-43(56)61-41(35)25-34/h4-15,25,28,40H,16-24,26-27H2,1-3H3,(H,49,50)/t40-/m0/s1. The number of aryl methyl sites for hydroxylation is 2. The van der Waals surface area contributed by atoms with Crippen LogP contribution in [0.3, 0.4) is 0 Å². The van der Waals surface area contributed by atoms with E-state index in [0.29, 0.717) is 81.6 Å². The second-order valence-electron chi connectivity index (χ2n) is 15.0. The Balaban J connectivity index is 0.705. The zero-order valence-electron chi connectivity index (χ0n) is 34.8. The summed E-state index contributed by atoms with van der Waals surface area (Å²) in [6.45, 7) is 9.91. The van der Waals surface area contributed by atoms with E-state index >= 15 is 0 Å². The Morgan fingerprint density at radius 1 is 0.855 bits per heavy atom. The molecule has 2 aliphatic heterocycles. The van der Waals surface area contributed by atoms with Gasteiger partial charge in [-0.1, -0.05) is 48.0 Å². The van der Waals surface area contributed by atoms with Crippen LogP contribution in [-0.4, -0.2) is 90.0 Å². The van der Waals surface area contributed by atoms with Gasteiger partial charge in [-0.2, -0.15) is 0 Å². The zero-order chi connectivity index (χ0) is 43.0. The molecular weight excluding hydrogens is 828 g/mol. The molecule has 0 fully saturated rings. The van der Waals surface area contributed by atoms with Crippen LogP contribution in [0.2, 0.25) is 5.02 Å². The van der Waals surface area contributed by atoms with Crippen molar-refractivity contribution in [2.75, 3.05) is 58.1 Å². The molecule has 5 heterocycles. The van der Waals surface area contributed by atoms with E-state index in [1.54, 1.807) is 17.5 Å². The highest BCUT2D eigenvalue weighted by atomic mass is 35.5. The molecule has 3 aromatic carbocycles. The van der Waals surface area contributed by atoms with Gasteiger partial charge in [-0.05, 0) is 79.9 Å². The molecule has 62 heavy (non-hydrogen) atoms. The molecule has 0 aliphatic carbocycles. The molecule has 3 aromatic heterocycles. The molecule has 2 aliphatic rings. The minimum Gasteiger partial charge on any atom is -0.491 e. The molecule has 0 spiro atoms. The van der Waals surface area contributed by atoms with E-state index in [1.807, 2.05) is 85.8 Å². The minimum atomic E-state index is -0.507. The van der Waals surface area contributed by atoms with Crippen LogP contribution < -0.4 is 14.8 Å². The molecule has 0 saturated heterocycles. The number of hydrogen-bond donors (Lipinski definition) is 1. The van der Waals surface area contributed by atoms with Crippen LogP contribution in [0.25, 0.3) is 16.1 Å². The van der Waals surface area contributed by atoms with Crippen molar-refractivity contribution in [1.29, 1.82) is 0 Å². The first-order valence-corrected chi connectivity index (χ1v) is 21.8. The number of aliphatic imine (C=N–C) groups is 1. The summed E-state index contributed by atoms with van der Waals surface area (Å²) >= 11 is 7.93. The van der Waals surface area contributed by atoms with Gasteiger partial charge in [-0.3, -0.25) is 19.1 Å². The Labute approximate surface area is 369 Å². The predicted octanol–water partition coefficient (Wildman–Crippen LogP) is 8.07. The summed E-state index contributed by atoms with van der Waals surface area (Å²) in [4.78, 5) is 36.0. The van der Waals surface area contributed by atoms with Gasteiger partial charge in [0.2, 0.25) is 0 Å². The lowest BCUT2D eigenvalue weighted by atomic mass is 9.99. The first-order chi connectivity index (χ1) is 30.2. The number of Topliss-reactive ketones (excluding diaryl/α,β-unsaturated/α-hetero) is 1. The second kappa shape index (κ2) is 20.0. The maximum Gasteiger partial charge on any atom is 0.315 e. The molecule has 1 N–H and O–H groups in total. The number of carbonyl (C=O) groups excluding carboxylic acids is 2. The summed E-state index contributed by atoms with van der Waals surface area (Å²) in [5.74, 6) is 3.32. The van der Waals surface area contributed by atoms with Crippen LogP contribution in [0, 0.1) is 20.8 Å². The number of anilines is 1. The van der Waals surface area contributed by atoms with Crippen molar-refractivity contribution < 1.29 is 33.3 Å². The number of esters is 1. The normalized spacial score (nSPS) is 14.1. The van der Waals surface area contributed by atoms with Crippen LogP contribution >= 0.6 is 22.9 Å². The molecule has 0 bridgehead atoms. The second-order valence-corrected chi connectivity index (χ2v) is 16.6. The topological polar surface area (TPSA) is 148 Å². The number of pyridine rings is 1. The molecule has 13 nitrogen and oxygen atoms in total. The Bertz CT molecular complexity index is 2560. The largest absolute Gasteiger partial charge is 0.491 e. The molecule has 0 amide bonds. The summed E-state index contributed by atoms with van der Waals surface area (Å²) in [5, 5.41) is 13.8. The van der Waals surface area contributed by atoms with Gasteiger partial charge < -0.3 is 29.0 Å². The van der Waals surface area contributed by atoms with Crippen molar-refractivity contribution in [3.8, 4) is 27.6 Å². The zero-order valence-corrected chi connectivity index (χ0v) is 36.4. The van der Waals surface area contributed by atoms with Gasteiger partial charge >= 0.3 is 5.97 Å². The number of ether oxygens (including phenoxy) is 5. The van der Waals surface area contributed by atoms with Crippen molar-refractivity contribution in [3.05, 3.63) is 134 Å². The molecule has 1 atom stereocenters. The van der Waals surface area contributed by atoms with E-state index in [0.717, 1.165) is 61.3 Å². The van der Waals surface area contributed by atoms with Crippen molar-refractivity contribution in [2.45, 2.75) is 46.1 Å². The summed E-state index contributed by atoms with van der Waals surface area (Å²) < 4.78 is 30.1. The average Bonchev–Trinajstić information content (AvgIpc) is 3.91. The number of ketones is 1. The van der Waals surface area contributed by atoms with Gasteiger partial charge in [-0.15, -0.1) is 21.5 Å². The molecule has 8 rings (SSSR count). The number of aromatic nitrogens is 4. The number of rotatable bonds is 20. The summed E-state index contributed by atoms with van der Waals surface area (Å²) in [5.41, 5.74) is 7.64. The summed E-state index contributed by atoms with van der Waals surface area (Å²) in [6, 6.07) is 24.4. The molecule has 0 radical (unpaired) electrons. The van der Waals surface area contributed by atoms with E-state index in [9.17, 15) is 9.59 Å². The number of carbonyl (C=O) groups is 2. The number of thiophene rings is 1. The third-order valence-corrected chi connectivity index (χ3v) is 12.1. The van der Waals surface area contributed by atoms with Gasteiger partial charge in [0.1, 0.15) is 46.6 Å². The van der Waals surface area contributed by atoms with Crippen LogP contribution in [0.4, 0.5) is 5.82 Å². The van der Waals surface area contributed by atoms with Gasteiger partial charge in [0.15, 0.2) is 5.82 Å². The quantitative estimate of drug-likeness (QED) is 0.0451. The van der Waals surface area contributed by atoms with Crippen LogP contribution in [0.5, 0.6) is 11.5 Å². The third kappa shape index (κ3) is 10.3. The predicted molar refractivity (Wildman–Crippen MR) is 239 cm³/mol. The van der Waals surface area contributed by atoms with Crippen molar-refractivity contribution in [3.63, 3.8) is 0 Å². The molecule has 320 valence electrons. The Morgan fingerprint density at radius 2 is 1.56 bits per heavy atom. The maximum atomic E-state index is 13.6. The van der Waals surface area contributed by atoms with E-state index in [1.165, 1.54) is 4.88 Å². The Hall–Kier alpha value is -5.77. The van der Waals surface area contributed by atoms with Crippen molar-refractivity contribution in [2.24, 2.45) is 4.99 Å². The number of nitrogens with one attached hydrogen (secondary N) is 1. The van der Waals surface area contributed by atoms with E-state index in [4.69, 9.17) is 40.3 Å². The fraction of sp³-hybridized carbons (Fsp3) is 0.319. The molecule has 0 saturated carbocycles. The number of hydrogen-bond acceptors (Lipinski definition) is 13. The molecule has 15 heteroatoms. The number of benzene rings is 3. The maximum absolute atomic E-state index is 13.6. The third-order valence-electron chi connectivity index (χ3n) is 10.6. The van der Waals surface area contributed by atoms with Crippen molar-refractivity contribution in [1.82, 2.24) is 19.7 Å². The number of fused-ring (bicyclic) bond motifs is 4. The van der Waals surface area contributed by atoms with E-state index in [-0.39, 0.29) is 24.6 Å². The lowest BCUT2D eigenvalue weighted by Crippen LogP contribution is -2.15. The highest BCUT2D eigenvalue weighted by Crippen LogP contribution is 2.40. The van der Waals surface area contributed by atoms with Gasteiger partial charge in [0.25, 0.3) is 0 Å². The van der Waals surface area contributed by atoms with Crippen molar-refractivity contribution >= 4 is 46.2 Å². The van der Waals surface area contributed by atoms with E-state index in [2.05, 4.69) is 38.9 Å². The molecule has 6 aromatic rings. The van der Waals surface area contributed by atoms with Gasteiger partial charge in [-0.25, -0.2) is 4.98 Å². The fourth-order valence-corrected chi connectivity index (χ4v) is 8.66. The summed E-state index contributed by atoms with van der Waals surface area (Å²) in [7, 11) is 0. The Kier molecular flexibility index (Phi) is 13.8. The first-order valence-electron chi connectivity index (χ1n) is 20.6. The number of halogens is 1. The first kappa shape index (κ1) is 42.9. The smallest absolute Gasteiger partial charge is 0.315 e. The van der Waals surface area contributed by atoms with Crippen LogP contribution in [-0.2, 0) is 36.6 Å². The van der Waals surface area contributed by atoms with E-state index < -0.39 is 6.04 Å².